The molecule has 1 saturated heterocycles. The zero-order chi connectivity index (χ0) is 15.8. The molecule has 23 heavy (non-hydrogen) atoms. The molecule has 1 aromatic heterocycles. The molecule has 1 N–H and O–H groups in total. The largest absolute Gasteiger partial charge is 0.356 e. The molecule has 0 spiro atoms. The molecule has 3 aromatic rings. The Morgan fingerprint density at radius 1 is 1.04 bits per heavy atom. The molecule has 1 fully saturated rings. The predicted octanol–water partition coefficient (Wildman–Crippen LogP) is 2.62. The van der Waals surface area contributed by atoms with E-state index >= 15 is 0 Å². The third kappa shape index (κ3) is 2.24. The minimum Gasteiger partial charge on any atom is -0.356 e. The quantitative estimate of drug-likeness (QED) is 0.755. The first kappa shape index (κ1) is 13.5. The van der Waals surface area contributed by atoms with Gasteiger partial charge in [-0.15, -0.1) is 0 Å². The summed E-state index contributed by atoms with van der Waals surface area (Å²) in [5.74, 6) is -0.284. The summed E-state index contributed by atoms with van der Waals surface area (Å²) < 4.78 is 5.22. The summed E-state index contributed by atoms with van der Waals surface area (Å²) in [5.41, 5.74) is 1.96. The molecular formula is C17H13N3O3. The van der Waals surface area contributed by atoms with Gasteiger partial charge in [0.25, 0.3) is 5.91 Å². The van der Waals surface area contributed by atoms with Gasteiger partial charge in [0.15, 0.2) is 5.58 Å². The first-order chi connectivity index (χ1) is 11.2. The van der Waals surface area contributed by atoms with Gasteiger partial charge in [0.1, 0.15) is 11.7 Å². The third-order valence-electron chi connectivity index (χ3n) is 3.92. The number of carbonyl (C=O) groups excluding carboxylic acids is 2. The molecule has 2 heterocycles. The smallest absolute Gasteiger partial charge is 0.325 e. The van der Waals surface area contributed by atoms with Crippen molar-refractivity contribution in [3.63, 3.8) is 0 Å². The molecular weight excluding hydrogens is 294 g/mol. The number of aromatic nitrogens is 1. The lowest BCUT2D eigenvalue weighted by molar-refractivity contribution is -0.128. The highest BCUT2D eigenvalue weighted by Gasteiger charge is 2.39. The van der Waals surface area contributed by atoms with Crippen LogP contribution in [0.25, 0.3) is 11.0 Å². The summed E-state index contributed by atoms with van der Waals surface area (Å²) in [6, 6.07) is 15.5. The van der Waals surface area contributed by atoms with E-state index in [2.05, 4.69) is 10.5 Å². The second kappa shape index (κ2) is 5.24. The van der Waals surface area contributed by atoms with Crippen molar-refractivity contribution in [3.8, 4) is 0 Å². The van der Waals surface area contributed by atoms with Gasteiger partial charge in [0.05, 0.1) is 6.54 Å². The fraction of sp³-hybridized carbons (Fsp3) is 0.118. The number of urea groups is 1. The molecule has 0 radical (unpaired) electrons. The normalized spacial score (nSPS) is 17.7. The van der Waals surface area contributed by atoms with Crippen molar-refractivity contribution in [1.29, 1.82) is 0 Å². The van der Waals surface area contributed by atoms with E-state index in [1.165, 1.54) is 4.90 Å². The molecule has 1 aliphatic heterocycles. The Morgan fingerprint density at radius 3 is 2.61 bits per heavy atom. The molecule has 6 nitrogen and oxygen atoms in total. The van der Waals surface area contributed by atoms with Crippen LogP contribution in [0.5, 0.6) is 0 Å². The Labute approximate surface area is 131 Å². The molecule has 0 aliphatic carbocycles. The van der Waals surface area contributed by atoms with E-state index in [0.29, 0.717) is 11.3 Å². The van der Waals surface area contributed by atoms with E-state index in [0.717, 1.165) is 10.9 Å². The first-order valence-corrected chi connectivity index (χ1v) is 7.24. The maximum atomic E-state index is 12.6. The highest BCUT2D eigenvalue weighted by Crippen LogP contribution is 2.25. The number of fused-ring (bicyclic) bond motifs is 1. The average molecular weight is 307 g/mol. The van der Waals surface area contributed by atoms with Gasteiger partial charge >= 0.3 is 6.03 Å². The van der Waals surface area contributed by atoms with Crippen LogP contribution in [0.3, 0.4) is 0 Å². The lowest BCUT2D eigenvalue weighted by atomic mass is 10.1. The number of rotatable bonds is 3. The number of benzene rings is 2. The van der Waals surface area contributed by atoms with Crippen LogP contribution in [0.4, 0.5) is 4.79 Å². The zero-order valence-electron chi connectivity index (χ0n) is 12.1. The Bertz CT molecular complexity index is 888. The highest BCUT2D eigenvalue weighted by atomic mass is 16.5. The van der Waals surface area contributed by atoms with Crippen molar-refractivity contribution in [2.75, 3.05) is 0 Å². The standard InChI is InChI=1S/C17H13N3O3/c21-16-15(11-6-2-1-3-7-11)18-17(22)20(16)10-13-12-8-4-5-9-14(12)23-19-13/h1-9,15H,10H2,(H,18,22). The van der Waals surface area contributed by atoms with E-state index in [1.807, 2.05) is 48.5 Å². The molecule has 6 heteroatoms. The SMILES string of the molecule is O=C1NC(c2ccccc2)C(=O)N1Cc1noc2ccccc12. The van der Waals surface area contributed by atoms with Crippen LogP contribution in [0.1, 0.15) is 17.3 Å². The minimum atomic E-state index is -0.651. The first-order valence-electron chi connectivity index (χ1n) is 7.24. The molecule has 3 amide bonds. The molecule has 1 atom stereocenters. The monoisotopic (exact) mass is 307 g/mol. The minimum absolute atomic E-state index is 0.0883. The maximum absolute atomic E-state index is 12.6. The molecule has 0 saturated carbocycles. The van der Waals surface area contributed by atoms with Gasteiger partial charge in [-0.2, -0.15) is 0 Å². The van der Waals surface area contributed by atoms with Gasteiger partial charge < -0.3 is 9.84 Å². The lowest BCUT2D eigenvalue weighted by Gasteiger charge is -2.11. The second-order valence-electron chi connectivity index (χ2n) is 5.34. The number of hydrogen-bond acceptors (Lipinski definition) is 4. The van der Waals surface area contributed by atoms with Crippen molar-refractivity contribution >= 4 is 22.9 Å². The number of nitrogens with zero attached hydrogens (tertiary/aromatic N) is 2. The Morgan fingerprint density at radius 2 is 1.78 bits per heavy atom. The molecule has 1 aliphatic rings. The topological polar surface area (TPSA) is 75.4 Å². The summed E-state index contributed by atoms with van der Waals surface area (Å²) in [4.78, 5) is 25.9. The van der Waals surface area contributed by atoms with Crippen molar-refractivity contribution in [3.05, 3.63) is 65.9 Å². The Kier molecular flexibility index (Phi) is 3.08. The van der Waals surface area contributed by atoms with Crippen molar-refractivity contribution < 1.29 is 14.1 Å². The highest BCUT2D eigenvalue weighted by molar-refractivity contribution is 6.04. The maximum Gasteiger partial charge on any atom is 0.325 e. The Balaban J connectivity index is 1.62. The average Bonchev–Trinajstić information content (AvgIpc) is 3.12. The Hall–Kier alpha value is -3.15. The van der Waals surface area contributed by atoms with Crippen LogP contribution in [-0.4, -0.2) is 22.0 Å². The molecule has 114 valence electrons. The number of nitrogens with one attached hydrogen (secondary N) is 1. The van der Waals surface area contributed by atoms with Gasteiger partial charge in [-0.05, 0) is 17.7 Å². The van der Waals surface area contributed by atoms with Crippen molar-refractivity contribution in [1.82, 2.24) is 15.4 Å². The van der Waals surface area contributed by atoms with Crippen LogP contribution in [0, 0.1) is 0 Å². The lowest BCUT2D eigenvalue weighted by Crippen LogP contribution is -2.30. The van der Waals surface area contributed by atoms with E-state index in [9.17, 15) is 9.59 Å². The fourth-order valence-electron chi connectivity index (χ4n) is 2.74. The summed E-state index contributed by atoms with van der Waals surface area (Å²) in [7, 11) is 0. The van der Waals surface area contributed by atoms with Crippen LogP contribution in [-0.2, 0) is 11.3 Å². The number of imide groups is 1. The van der Waals surface area contributed by atoms with Gasteiger partial charge in [-0.3, -0.25) is 9.69 Å². The van der Waals surface area contributed by atoms with Gasteiger partial charge in [-0.1, -0.05) is 47.6 Å². The molecule has 4 rings (SSSR count). The van der Waals surface area contributed by atoms with E-state index in [1.54, 1.807) is 6.07 Å². The van der Waals surface area contributed by atoms with Crippen molar-refractivity contribution in [2.24, 2.45) is 0 Å². The van der Waals surface area contributed by atoms with Gasteiger partial charge in [0, 0.05) is 5.39 Å². The summed E-state index contributed by atoms with van der Waals surface area (Å²) in [6.07, 6.45) is 0. The molecule has 1 unspecified atom stereocenters. The summed E-state index contributed by atoms with van der Waals surface area (Å²) >= 11 is 0. The third-order valence-corrected chi connectivity index (χ3v) is 3.92. The van der Waals surface area contributed by atoms with E-state index in [4.69, 9.17) is 4.52 Å². The van der Waals surface area contributed by atoms with Crippen LogP contribution in [0.2, 0.25) is 0 Å². The van der Waals surface area contributed by atoms with Crippen LogP contribution < -0.4 is 5.32 Å². The summed E-state index contributed by atoms with van der Waals surface area (Å²) in [6.45, 7) is 0.0883. The zero-order valence-corrected chi connectivity index (χ0v) is 12.1. The summed E-state index contributed by atoms with van der Waals surface area (Å²) in [5, 5.41) is 7.49. The number of amides is 3. The number of para-hydroxylation sites is 1. The second-order valence-corrected chi connectivity index (χ2v) is 5.34. The predicted molar refractivity (Wildman–Crippen MR) is 82.3 cm³/mol. The molecule has 2 aromatic carbocycles. The van der Waals surface area contributed by atoms with Crippen LogP contribution >= 0.6 is 0 Å². The van der Waals surface area contributed by atoms with Crippen molar-refractivity contribution in [2.45, 2.75) is 12.6 Å². The number of carbonyl (C=O) groups is 2. The van der Waals surface area contributed by atoms with Gasteiger partial charge in [-0.25, -0.2) is 4.79 Å². The van der Waals surface area contributed by atoms with E-state index < -0.39 is 12.1 Å². The fourth-order valence-corrected chi connectivity index (χ4v) is 2.74. The van der Waals surface area contributed by atoms with Crippen LogP contribution in [0.15, 0.2) is 59.1 Å². The van der Waals surface area contributed by atoms with Gasteiger partial charge in [0.2, 0.25) is 0 Å². The number of hydrogen-bond donors (Lipinski definition) is 1. The van der Waals surface area contributed by atoms with E-state index in [-0.39, 0.29) is 12.5 Å². The molecule has 0 bridgehead atoms.